The summed E-state index contributed by atoms with van der Waals surface area (Å²) in [5.41, 5.74) is 8.91. The maximum absolute atomic E-state index is 5.57. The molecule has 3 nitrogen and oxygen atoms in total. The zero-order chi connectivity index (χ0) is 11.6. The van der Waals surface area contributed by atoms with Gasteiger partial charge in [-0.1, -0.05) is 20.8 Å². The average molecular weight is 207 g/mol. The normalized spacial score (nSPS) is 11.9. The van der Waals surface area contributed by atoms with E-state index in [-0.39, 0.29) is 5.41 Å². The van der Waals surface area contributed by atoms with Crippen LogP contribution in [0.5, 0.6) is 0 Å². The highest BCUT2D eigenvalue weighted by molar-refractivity contribution is 5.26. The second-order valence-electron chi connectivity index (χ2n) is 4.99. The molecule has 3 heteroatoms. The second kappa shape index (κ2) is 4.27. The van der Waals surface area contributed by atoms with Gasteiger partial charge in [0.05, 0.1) is 0 Å². The standard InChI is InChI=1S/C12H21N3/c1-8-10(6-7-13)9(2)15-11(14-8)12(3,4)5/h6-7,13H2,1-5H3. The average Bonchev–Trinajstić information content (AvgIpc) is 2.09. The largest absolute Gasteiger partial charge is 0.330 e. The number of aryl methyl sites for hydroxylation is 2. The van der Waals surface area contributed by atoms with E-state index in [1.165, 1.54) is 5.56 Å². The number of nitrogens with zero attached hydrogens (tertiary/aromatic N) is 2. The maximum Gasteiger partial charge on any atom is 0.134 e. The van der Waals surface area contributed by atoms with Gasteiger partial charge in [-0.05, 0) is 32.4 Å². The Morgan fingerprint density at radius 3 is 1.87 bits per heavy atom. The zero-order valence-electron chi connectivity index (χ0n) is 10.4. The molecular weight excluding hydrogens is 186 g/mol. The van der Waals surface area contributed by atoms with Gasteiger partial charge in [-0.15, -0.1) is 0 Å². The van der Waals surface area contributed by atoms with Gasteiger partial charge in [-0.3, -0.25) is 0 Å². The van der Waals surface area contributed by atoms with E-state index in [1.807, 2.05) is 13.8 Å². The molecule has 0 aromatic carbocycles. The molecule has 15 heavy (non-hydrogen) atoms. The van der Waals surface area contributed by atoms with Crippen LogP contribution in [0, 0.1) is 13.8 Å². The van der Waals surface area contributed by atoms with Gasteiger partial charge < -0.3 is 5.73 Å². The summed E-state index contributed by atoms with van der Waals surface area (Å²) in [7, 11) is 0. The third-order valence-corrected chi connectivity index (χ3v) is 2.49. The van der Waals surface area contributed by atoms with E-state index in [9.17, 15) is 0 Å². The van der Waals surface area contributed by atoms with E-state index in [1.54, 1.807) is 0 Å². The minimum Gasteiger partial charge on any atom is -0.330 e. The Morgan fingerprint density at radius 2 is 1.53 bits per heavy atom. The molecule has 1 heterocycles. The lowest BCUT2D eigenvalue weighted by atomic mass is 9.95. The van der Waals surface area contributed by atoms with Crippen molar-refractivity contribution < 1.29 is 0 Å². The molecule has 0 amide bonds. The van der Waals surface area contributed by atoms with Crippen LogP contribution < -0.4 is 5.73 Å². The number of nitrogens with two attached hydrogens (primary N) is 1. The smallest absolute Gasteiger partial charge is 0.134 e. The molecular formula is C12H21N3. The molecule has 1 aromatic heterocycles. The highest BCUT2D eigenvalue weighted by atomic mass is 14.9. The van der Waals surface area contributed by atoms with Crippen LogP contribution in [0.3, 0.4) is 0 Å². The van der Waals surface area contributed by atoms with Crippen molar-refractivity contribution in [3.05, 3.63) is 22.8 Å². The van der Waals surface area contributed by atoms with Crippen LogP contribution in [0.15, 0.2) is 0 Å². The fourth-order valence-electron chi connectivity index (χ4n) is 1.58. The number of aromatic nitrogens is 2. The predicted molar refractivity (Wildman–Crippen MR) is 63.0 cm³/mol. The van der Waals surface area contributed by atoms with Gasteiger partial charge in [0.2, 0.25) is 0 Å². The van der Waals surface area contributed by atoms with Gasteiger partial charge in [0.1, 0.15) is 5.82 Å². The zero-order valence-corrected chi connectivity index (χ0v) is 10.4. The van der Waals surface area contributed by atoms with Crippen LogP contribution >= 0.6 is 0 Å². The Bertz CT molecular complexity index is 327. The summed E-state index contributed by atoms with van der Waals surface area (Å²) in [6, 6.07) is 0. The molecule has 1 rings (SSSR count). The molecule has 2 N–H and O–H groups in total. The van der Waals surface area contributed by atoms with Crippen molar-refractivity contribution in [1.82, 2.24) is 9.97 Å². The molecule has 0 aliphatic heterocycles. The van der Waals surface area contributed by atoms with Crippen LogP contribution in [0.2, 0.25) is 0 Å². The number of hydrogen-bond acceptors (Lipinski definition) is 3. The summed E-state index contributed by atoms with van der Waals surface area (Å²) in [6.45, 7) is 11.1. The third kappa shape index (κ3) is 2.75. The van der Waals surface area contributed by atoms with E-state index in [0.29, 0.717) is 6.54 Å². The number of rotatable bonds is 2. The highest BCUT2D eigenvalue weighted by Gasteiger charge is 2.19. The van der Waals surface area contributed by atoms with E-state index >= 15 is 0 Å². The molecule has 0 aliphatic carbocycles. The van der Waals surface area contributed by atoms with E-state index < -0.39 is 0 Å². The molecule has 0 fully saturated rings. The Kier molecular flexibility index (Phi) is 3.45. The number of hydrogen-bond donors (Lipinski definition) is 1. The lowest BCUT2D eigenvalue weighted by Crippen LogP contribution is -2.19. The van der Waals surface area contributed by atoms with E-state index in [4.69, 9.17) is 5.73 Å². The molecule has 0 spiro atoms. The van der Waals surface area contributed by atoms with Crippen LogP contribution in [0.1, 0.15) is 43.5 Å². The van der Waals surface area contributed by atoms with Crippen LogP contribution in [0.4, 0.5) is 0 Å². The van der Waals surface area contributed by atoms with Gasteiger partial charge in [0.25, 0.3) is 0 Å². The lowest BCUT2D eigenvalue weighted by molar-refractivity contribution is 0.538. The van der Waals surface area contributed by atoms with Gasteiger partial charge in [-0.2, -0.15) is 0 Å². The Morgan fingerprint density at radius 1 is 1.07 bits per heavy atom. The highest BCUT2D eigenvalue weighted by Crippen LogP contribution is 2.20. The van der Waals surface area contributed by atoms with Crippen molar-refractivity contribution in [3.8, 4) is 0 Å². The predicted octanol–water partition coefficient (Wildman–Crippen LogP) is 1.89. The molecule has 0 saturated heterocycles. The lowest BCUT2D eigenvalue weighted by Gasteiger charge is -2.19. The quantitative estimate of drug-likeness (QED) is 0.805. The van der Waals surface area contributed by atoms with Crippen LogP contribution in [0.25, 0.3) is 0 Å². The molecule has 0 unspecified atom stereocenters. The van der Waals surface area contributed by atoms with Crippen molar-refractivity contribution in [3.63, 3.8) is 0 Å². The summed E-state index contributed by atoms with van der Waals surface area (Å²) in [4.78, 5) is 9.11. The summed E-state index contributed by atoms with van der Waals surface area (Å²) < 4.78 is 0. The molecule has 84 valence electrons. The van der Waals surface area contributed by atoms with Crippen molar-refractivity contribution >= 4 is 0 Å². The topological polar surface area (TPSA) is 51.8 Å². The van der Waals surface area contributed by atoms with E-state index in [0.717, 1.165) is 23.6 Å². The molecule has 0 radical (unpaired) electrons. The molecule has 0 aliphatic rings. The second-order valence-corrected chi connectivity index (χ2v) is 4.99. The first kappa shape index (κ1) is 12.1. The minimum atomic E-state index is 0.0107. The van der Waals surface area contributed by atoms with Crippen LogP contribution in [-0.2, 0) is 11.8 Å². The fraction of sp³-hybridized carbons (Fsp3) is 0.667. The monoisotopic (exact) mass is 207 g/mol. The Labute approximate surface area is 92.1 Å². The summed E-state index contributed by atoms with van der Waals surface area (Å²) in [5.74, 6) is 0.915. The van der Waals surface area contributed by atoms with Gasteiger partial charge in [0.15, 0.2) is 0 Å². The summed E-state index contributed by atoms with van der Waals surface area (Å²) in [6.07, 6.45) is 0.863. The Balaban J connectivity index is 3.19. The van der Waals surface area contributed by atoms with Gasteiger partial charge >= 0.3 is 0 Å². The third-order valence-electron chi connectivity index (χ3n) is 2.49. The molecule has 1 aromatic rings. The molecule has 0 bridgehead atoms. The summed E-state index contributed by atoms with van der Waals surface area (Å²) in [5, 5.41) is 0. The first-order valence-electron chi connectivity index (χ1n) is 5.41. The first-order valence-corrected chi connectivity index (χ1v) is 5.41. The van der Waals surface area contributed by atoms with Gasteiger partial charge in [0, 0.05) is 16.8 Å². The fourth-order valence-corrected chi connectivity index (χ4v) is 1.58. The van der Waals surface area contributed by atoms with Crippen molar-refractivity contribution in [2.24, 2.45) is 5.73 Å². The SMILES string of the molecule is Cc1nc(C(C)(C)C)nc(C)c1CCN. The van der Waals surface area contributed by atoms with E-state index in [2.05, 4.69) is 30.7 Å². The minimum absolute atomic E-state index is 0.0107. The van der Waals surface area contributed by atoms with Crippen molar-refractivity contribution in [2.45, 2.75) is 46.5 Å². The molecule has 0 atom stereocenters. The first-order chi connectivity index (χ1) is 6.86. The van der Waals surface area contributed by atoms with Crippen molar-refractivity contribution in [1.29, 1.82) is 0 Å². The van der Waals surface area contributed by atoms with Gasteiger partial charge in [-0.25, -0.2) is 9.97 Å². The summed E-state index contributed by atoms with van der Waals surface area (Å²) >= 11 is 0. The van der Waals surface area contributed by atoms with Crippen molar-refractivity contribution in [2.75, 3.05) is 6.54 Å². The van der Waals surface area contributed by atoms with Crippen LogP contribution in [-0.4, -0.2) is 16.5 Å². The molecule has 0 saturated carbocycles. The Hall–Kier alpha value is -0.960. The maximum atomic E-state index is 5.57.